The number of hydrogen-bond acceptors (Lipinski definition) is 5. The van der Waals surface area contributed by atoms with Gasteiger partial charge in [0.1, 0.15) is 5.01 Å². The van der Waals surface area contributed by atoms with E-state index in [4.69, 9.17) is 0 Å². The van der Waals surface area contributed by atoms with E-state index >= 15 is 0 Å². The molecule has 0 unspecified atom stereocenters. The van der Waals surface area contributed by atoms with Gasteiger partial charge in [0, 0.05) is 16.5 Å². The van der Waals surface area contributed by atoms with E-state index in [9.17, 15) is 9.90 Å². The van der Waals surface area contributed by atoms with Gasteiger partial charge in [0.15, 0.2) is 0 Å². The van der Waals surface area contributed by atoms with Gasteiger partial charge >= 0.3 is 5.97 Å². The molecule has 1 aromatic carbocycles. The number of aromatic carboxylic acids is 1. The Hall–Kier alpha value is -1.53. The first kappa shape index (κ1) is 15.9. The normalized spacial score (nSPS) is 11.4. The molecular weight excluding hydrogens is 304 g/mol. The number of thiazole rings is 1. The van der Waals surface area contributed by atoms with Crippen LogP contribution in [0.5, 0.6) is 0 Å². The van der Waals surface area contributed by atoms with Gasteiger partial charge in [-0.3, -0.25) is 0 Å². The Bertz CT molecular complexity index is 625. The molecule has 0 saturated heterocycles. The van der Waals surface area contributed by atoms with Crippen LogP contribution in [0.2, 0.25) is 0 Å². The quantitative estimate of drug-likeness (QED) is 0.776. The molecule has 2 rings (SSSR count). The number of carboxylic acids is 1. The van der Waals surface area contributed by atoms with Gasteiger partial charge in [-0.25, -0.2) is 9.78 Å². The molecule has 1 heterocycles. The van der Waals surface area contributed by atoms with Gasteiger partial charge in [0.05, 0.1) is 16.8 Å². The highest BCUT2D eigenvalue weighted by atomic mass is 32.2. The highest BCUT2D eigenvalue weighted by Gasteiger charge is 2.26. The predicted molar refractivity (Wildman–Crippen MR) is 88.6 cm³/mol. The summed E-state index contributed by atoms with van der Waals surface area (Å²) in [4.78, 5) is 16.7. The summed E-state index contributed by atoms with van der Waals surface area (Å²) >= 11 is 3.09. The smallest absolute Gasteiger partial charge is 0.338 e. The number of hydrogen-bond donors (Lipinski definition) is 2. The van der Waals surface area contributed by atoms with Crippen LogP contribution in [0.1, 0.15) is 36.1 Å². The first-order chi connectivity index (χ1) is 9.95. The summed E-state index contributed by atoms with van der Waals surface area (Å²) in [6.45, 7) is 6.00. The van der Waals surface area contributed by atoms with Gasteiger partial charge in [-0.1, -0.05) is 13.0 Å². The Balaban J connectivity index is 2.40. The van der Waals surface area contributed by atoms with Crippen molar-refractivity contribution in [1.29, 1.82) is 0 Å². The van der Waals surface area contributed by atoms with Crippen molar-refractivity contribution in [2.24, 2.45) is 0 Å². The Morgan fingerprint density at radius 3 is 2.81 bits per heavy atom. The van der Waals surface area contributed by atoms with Gasteiger partial charge in [0.2, 0.25) is 0 Å². The van der Waals surface area contributed by atoms with E-state index < -0.39 is 11.5 Å². The lowest BCUT2D eigenvalue weighted by atomic mass is 10.0. The Kier molecular flexibility index (Phi) is 4.90. The zero-order valence-corrected chi connectivity index (χ0v) is 13.8. The monoisotopic (exact) mass is 322 g/mol. The summed E-state index contributed by atoms with van der Waals surface area (Å²) in [5.74, 6) is -0.0800. The van der Waals surface area contributed by atoms with Crippen molar-refractivity contribution in [3.05, 3.63) is 40.3 Å². The minimum Gasteiger partial charge on any atom is -0.478 e. The molecule has 0 fully saturated rings. The second-order valence-electron chi connectivity index (χ2n) is 5.00. The van der Waals surface area contributed by atoms with Gasteiger partial charge in [-0.15, -0.1) is 23.1 Å². The second-order valence-corrected chi connectivity index (χ2v) is 7.20. The molecule has 0 aliphatic rings. The molecule has 21 heavy (non-hydrogen) atoms. The number of benzene rings is 1. The summed E-state index contributed by atoms with van der Waals surface area (Å²) in [5.41, 5.74) is 0.531. The van der Waals surface area contributed by atoms with Crippen molar-refractivity contribution in [2.75, 3.05) is 11.1 Å². The molecular formula is C15H18N2O2S2. The number of carbonyl (C=O) groups is 1. The molecule has 112 valence electrons. The zero-order chi connectivity index (χ0) is 15.5. The fourth-order valence-corrected chi connectivity index (χ4v) is 3.60. The third-order valence-corrected chi connectivity index (χ3v) is 4.99. The summed E-state index contributed by atoms with van der Waals surface area (Å²) in [6.07, 6.45) is 1.75. The predicted octanol–water partition coefficient (Wildman–Crippen LogP) is 4.30. The van der Waals surface area contributed by atoms with Gasteiger partial charge in [0.25, 0.3) is 0 Å². The molecule has 0 amide bonds. The van der Waals surface area contributed by atoms with Crippen LogP contribution in [0, 0.1) is 0 Å². The molecule has 1 aromatic heterocycles. The van der Waals surface area contributed by atoms with Crippen LogP contribution in [-0.4, -0.2) is 21.8 Å². The maximum Gasteiger partial charge on any atom is 0.338 e. The Morgan fingerprint density at radius 1 is 1.48 bits per heavy atom. The fourth-order valence-electron chi connectivity index (χ4n) is 2.05. The Morgan fingerprint density at radius 2 is 2.24 bits per heavy atom. The van der Waals surface area contributed by atoms with E-state index in [2.05, 4.69) is 10.3 Å². The first-order valence-corrected chi connectivity index (χ1v) is 8.49. The number of nitrogens with one attached hydrogen (secondary N) is 1. The van der Waals surface area contributed by atoms with Crippen LogP contribution in [0.3, 0.4) is 0 Å². The van der Waals surface area contributed by atoms with Crippen molar-refractivity contribution in [3.8, 4) is 0 Å². The number of carboxylic acid groups (broad SMARTS) is 1. The zero-order valence-electron chi connectivity index (χ0n) is 12.2. The fraction of sp³-hybridized carbons (Fsp3) is 0.333. The van der Waals surface area contributed by atoms with E-state index in [1.54, 1.807) is 23.6 Å². The van der Waals surface area contributed by atoms with Crippen molar-refractivity contribution in [1.82, 2.24) is 4.98 Å². The van der Waals surface area contributed by atoms with Crippen LogP contribution < -0.4 is 5.32 Å². The summed E-state index contributed by atoms with van der Waals surface area (Å²) < 4.78 is 0. The molecule has 0 bridgehead atoms. The van der Waals surface area contributed by atoms with Gasteiger partial charge < -0.3 is 10.4 Å². The molecule has 0 aliphatic heterocycles. The lowest BCUT2D eigenvalue weighted by Gasteiger charge is -2.26. The molecule has 0 atom stereocenters. The van der Waals surface area contributed by atoms with Crippen molar-refractivity contribution in [3.63, 3.8) is 0 Å². The Labute approximate surface area is 132 Å². The van der Waals surface area contributed by atoms with Gasteiger partial charge in [-0.05, 0) is 31.7 Å². The molecule has 0 saturated carbocycles. The molecule has 2 aromatic rings. The SMILES string of the molecule is CCSc1cccc(NC(C)(C)c2nccs2)c1C(=O)O. The average Bonchev–Trinajstić information content (AvgIpc) is 2.93. The van der Waals surface area contributed by atoms with Crippen molar-refractivity contribution in [2.45, 2.75) is 31.2 Å². The molecule has 4 nitrogen and oxygen atoms in total. The van der Waals surface area contributed by atoms with Crippen LogP contribution in [0.15, 0.2) is 34.7 Å². The highest BCUT2D eigenvalue weighted by Crippen LogP contribution is 2.33. The molecule has 6 heteroatoms. The minimum absolute atomic E-state index is 0.328. The third kappa shape index (κ3) is 3.57. The third-order valence-electron chi connectivity index (χ3n) is 2.95. The van der Waals surface area contributed by atoms with E-state index in [1.807, 2.05) is 38.3 Å². The number of thioether (sulfide) groups is 1. The molecule has 0 aliphatic carbocycles. The molecule has 0 spiro atoms. The minimum atomic E-state index is -0.913. The number of nitrogens with zero attached hydrogens (tertiary/aromatic N) is 1. The van der Waals surface area contributed by atoms with Crippen molar-refractivity contribution < 1.29 is 9.90 Å². The second kappa shape index (κ2) is 6.49. The summed E-state index contributed by atoms with van der Waals surface area (Å²) in [7, 11) is 0. The van der Waals surface area contributed by atoms with E-state index in [-0.39, 0.29) is 0 Å². The van der Waals surface area contributed by atoms with Crippen LogP contribution in [-0.2, 0) is 5.54 Å². The highest BCUT2D eigenvalue weighted by molar-refractivity contribution is 7.99. The van der Waals surface area contributed by atoms with E-state index in [0.29, 0.717) is 11.3 Å². The van der Waals surface area contributed by atoms with Crippen LogP contribution >= 0.6 is 23.1 Å². The standard InChI is InChI=1S/C15H18N2O2S2/c1-4-20-11-7-5-6-10(12(11)13(18)19)17-15(2,3)14-16-8-9-21-14/h5-9,17H,4H2,1-3H3,(H,18,19). The van der Waals surface area contributed by atoms with E-state index in [1.165, 1.54) is 11.8 Å². The summed E-state index contributed by atoms with van der Waals surface area (Å²) in [6, 6.07) is 5.53. The maximum atomic E-state index is 11.6. The lowest BCUT2D eigenvalue weighted by molar-refractivity contribution is 0.0694. The van der Waals surface area contributed by atoms with E-state index in [0.717, 1.165) is 15.7 Å². The van der Waals surface area contributed by atoms with Gasteiger partial charge in [-0.2, -0.15) is 0 Å². The lowest BCUT2D eigenvalue weighted by Crippen LogP contribution is -2.28. The van der Waals surface area contributed by atoms with Crippen LogP contribution in [0.4, 0.5) is 5.69 Å². The molecule has 2 N–H and O–H groups in total. The molecule has 0 radical (unpaired) electrons. The first-order valence-electron chi connectivity index (χ1n) is 6.63. The number of aromatic nitrogens is 1. The number of anilines is 1. The van der Waals surface area contributed by atoms with Crippen LogP contribution in [0.25, 0.3) is 0 Å². The topological polar surface area (TPSA) is 62.2 Å². The summed E-state index contributed by atoms with van der Waals surface area (Å²) in [5, 5.41) is 15.7. The maximum absolute atomic E-state index is 11.6. The largest absolute Gasteiger partial charge is 0.478 e. The average molecular weight is 322 g/mol. The number of rotatable bonds is 6. The van der Waals surface area contributed by atoms with Crippen molar-refractivity contribution >= 4 is 34.8 Å².